The molecule has 2 heterocycles. The maximum absolute atomic E-state index is 9.59. The molecule has 0 atom stereocenters. The lowest BCUT2D eigenvalue weighted by Crippen LogP contribution is -1.84. The zero-order valence-electron chi connectivity index (χ0n) is 14.7. The summed E-state index contributed by atoms with van der Waals surface area (Å²) in [6.07, 6.45) is 1.62. The van der Waals surface area contributed by atoms with E-state index in [1.54, 1.807) is 37.5 Å². The molecule has 0 fully saturated rings. The van der Waals surface area contributed by atoms with Crippen molar-refractivity contribution in [2.45, 2.75) is 0 Å². The first-order chi connectivity index (χ1) is 13.6. The molecule has 2 aromatic heterocycles. The molecule has 0 saturated heterocycles. The molecule has 4 rings (SSSR count). The lowest BCUT2D eigenvalue weighted by atomic mass is 10.2. The van der Waals surface area contributed by atoms with Gasteiger partial charge in [-0.2, -0.15) is 5.26 Å². The van der Waals surface area contributed by atoms with Crippen LogP contribution in [0.4, 0.5) is 0 Å². The third-order valence-corrected chi connectivity index (χ3v) is 5.01. The second-order valence-corrected chi connectivity index (χ2v) is 6.73. The molecule has 0 unspecified atom stereocenters. The summed E-state index contributed by atoms with van der Waals surface area (Å²) in [5.74, 6) is 2.22. The van der Waals surface area contributed by atoms with Crippen molar-refractivity contribution in [2.75, 3.05) is 7.11 Å². The van der Waals surface area contributed by atoms with Crippen molar-refractivity contribution in [3.05, 3.63) is 70.2 Å². The monoisotopic (exact) mass is 409 g/mol. The Bertz CT molecular complexity index is 1250. The van der Waals surface area contributed by atoms with Crippen molar-refractivity contribution in [3.63, 3.8) is 0 Å². The molecule has 28 heavy (non-hydrogen) atoms. The Morgan fingerprint density at radius 1 is 1.21 bits per heavy atom. The predicted octanol–water partition coefficient (Wildman–Crippen LogP) is 6.20. The van der Waals surface area contributed by atoms with E-state index in [4.69, 9.17) is 32.4 Å². The number of hydrogen-bond donors (Lipinski definition) is 1. The number of methoxy groups -OCH3 is 1. The SMILES string of the molecule is COc1ccc2nc(/C(C#N)=C/c3ccc(-c4cccc(Cl)c4Cl)o3)[nH]c2c1. The van der Waals surface area contributed by atoms with Gasteiger partial charge in [-0.25, -0.2) is 4.98 Å². The number of allylic oxidation sites excluding steroid dienone is 1. The molecule has 0 spiro atoms. The highest BCUT2D eigenvalue weighted by atomic mass is 35.5. The van der Waals surface area contributed by atoms with Crippen LogP contribution >= 0.6 is 23.2 Å². The average molecular weight is 410 g/mol. The van der Waals surface area contributed by atoms with Gasteiger partial charge in [0.1, 0.15) is 29.2 Å². The molecule has 138 valence electrons. The lowest BCUT2D eigenvalue weighted by molar-refractivity contribution is 0.415. The van der Waals surface area contributed by atoms with Gasteiger partial charge in [0.05, 0.1) is 33.8 Å². The van der Waals surface area contributed by atoms with Crippen molar-refractivity contribution in [2.24, 2.45) is 0 Å². The van der Waals surface area contributed by atoms with E-state index in [1.807, 2.05) is 24.3 Å². The summed E-state index contributed by atoms with van der Waals surface area (Å²) >= 11 is 12.3. The van der Waals surface area contributed by atoms with Crippen molar-refractivity contribution in [3.8, 4) is 23.1 Å². The van der Waals surface area contributed by atoms with E-state index in [0.717, 1.165) is 11.0 Å². The Kier molecular flexibility index (Phi) is 4.82. The number of H-pyrrole nitrogens is 1. The summed E-state index contributed by atoms with van der Waals surface area (Å²) in [4.78, 5) is 7.60. The molecule has 0 bridgehead atoms. The number of nitriles is 1. The number of hydrogen-bond acceptors (Lipinski definition) is 4. The van der Waals surface area contributed by atoms with Crippen LogP contribution in [0, 0.1) is 11.3 Å². The van der Waals surface area contributed by atoms with Crippen molar-refractivity contribution >= 4 is 45.9 Å². The van der Waals surface area contributed by atoms with Crippen LogP contribution in [0.1, 0.15) is 11.6 Å². The fourth-order valence-electron chi connectivity index (χ4n) is 2.81. The van der Waals surface area contributed by atoms with Gasteiger partial charge < -0.3 is 14.1 Å². The first-order valence-corrected chi connectivity index (χ1v) is 9.05. The molecule has 0 aliphatic rings. The van der Waals surface area contributed by atoms with Gasteiger partial charge in [0.15, 0.2) is 0 Å². The largest absolute Gasteiger partial charge is 0.497 e. The van der Waals surface area contributed by atoms with E-state index >= 15 is 0 Å². The van der Waals surface area contributed by atoms with Gasteiger partial charge in [0.2, 0.25) is 0 Å². The molecule has 0 amide bonds. The quantitative estimate of drug-likeness (QED) is 0.407. The highest BCUT2D eigenvalue weighted by Gasteiger charge is 2.13. The molecule has 7 heteroatoms. The zero-order valence-corrected chi connectivity index (χ0v) is 16.2. The van der Waals surface area contributed by atoms with Crippen molar-refractivity contribution < 1.29 is 9.15 Å². The highest BCUT2D eigenvalue weighted by Crippen LogP contribution is 2.35. The predicted molar refractivity (Wildman–Crippen MR) is 110 cm³/mol. The number of imidazole rings is 1. The molecule has 0 aliphatic carbocycles. The first-order valence-electron chi connectivity index (χ1n) is 8.29. The van der Waals surface area contributed by atoms with E-state index in [-0.39, 0.29) is 0 Å². The van der Waals surface area contributed by atoms with Crippen LogP contribution in [-0.2, 0) is 0 Å². The number of aromatic amines is 1. The zero-order chi connectivity index (χ0) is 19.7. The maximum atomic E-state index is 9.59. The molecule has 0 aliphatic heterocycles. The summed E-state index contributed by atoms with van der Waals surface area (Å²) in [6, 6.07) is 16.5. The standard InChI is InChI=1S/C21H13Cl2N3O2/c1-27-13-5-7-17-18(10-13)26-21(25-17)12(11-24)9-14-6-8-19(28-14)15-3-2-4-16(22)20(15)23/h2-10H,1H3,(H,25,26)/b12-9+. The van der Waals surface area contributed by atoms with Gasteiger partial charge in [-0.3, -0.25) is 0 Å². The van der Waals surface area contributed by atoms with E-state index in [1.165, 1.54) is 0 Å². The van der Waals surface area contributed by atoms with Crippen molar-refractivity contribution in [1.29, 1.82) is 5.26 Å². The Hall–Kier alpha value is -3.20. The Morgan fingerprint density at radius 3 is 2.86 bits per heavy atom. The smallest absolute Gasteiger partial charge is 0.149 e. The summed E-state index contributed by atoms with van der Waals surface area (Å²) < 4.78 is 11.1. The van der Waals surface area contributed by atoms with Gasteiger partial charge >= 0.3 is 0 Å². The third kappa shape index (κ3) is 3.36. The van der Waals surface area contributed by atoms with Crippen LogP contribution in [0.5, 0.6) is 5.75 Å². The normalized spacial score (nSPS) is 11.6. The second kappa shape index (κ2) is 7.43. The molecular weight excluding hydrogens is 397 g/mol. The maximum Gasteiger partial charge on any atom is 0.149 e. The number of fused-ring (bicyclic) bond motifs is 1. The molecule has 1 N–H and O–H groups in total. The van der Waals surface area contributed by atoms with E-state index < -0.39 is 0 Å². The summed E-state index contributed by atoms with van der Waals surface area (Å²) in [6.45, 7) is 0. The van der Waals surface area contributed by atoms with Crippen LogP contribution in [0.2, 0.25) is 10.0 Å². The molecule has 2 aromatic carbocycles. The fraction of sp³-hybridized carbons (Fsp3) is 0.0476. The van der Waals surface area contributed by atoms with Gasteiger partial charge in [-0.15, -0.1) is 0 Å². The molecule has 5 nitrogen and oxygen atoms in total. The van der Waals surface area contributed by atoms with Crippen LogP contribution in [0.15, 0.2) is 52.9 Å². The third-order valence-electron chi connectivity index (χ3n) is 4.20. The van der Waals surface area contributed by atoms with Crippen molar-refractivity contribution in [1.82, 2.24) is 9.97 Å². The average Bonchev–Trinajstić information content (AvgIpc) is 3.34. The number of rotatable bonds is 4. The van der Waals surface area contributed by atoms with Gasteiger partial charge in [-0.05, 0) is 36.4 Å². The summed E-state index contributed by atoms with van der Waals surface area (Å²) in [5, 5.41) is 10.5. The van der Waals surface area contributed by atoms with Gasteiger partial charge in [0.25, 0.3) is 0 Å². The number of nitrogens with zero attached hydrogens (tertiary/aromatic N) is 2. The number of ether oxygens (including phenoxy) is 1. The number of nitrogens with one attached hydrogen (secondary N) is 1. The topological polar surface area (TPSA) is 74.8 Å². The molecular formula is C21H13Cl2N3O2. The fourth-order valence-corrected chi connectivity index (χ4v) is 3.20. The molecule has 0 saturated carbocycles. The minimum absolute atomic E-state index is 0.341. The van der Waals surface area contributed by atoms with Crippen LogP contribution < -0.4 is 4.74 Å². The second-order valence-electron chi connectivity index (χ2n) is 5.94. The van der Waals surface area contributed by atoms with Crippen LogP contribution in [0.3, 0.4) is 0 Å². The van der Waals surface area contributed by atoms with Crippen LogP contribution in [0.25, 0.3) is 34.0 Å². The molecule has 0 radical (unpaired) electrons. The van der Waals surface area contributed by atoms with Crippen LogP contribution in [-0.4, -0.2) is 17.1 Å². The highest BCUT2D eigenvalue weighted by molar-refractivity contribution is 6.43. The summed E-state index contributed by atoms with van der Waals surface area (Å²) in [5.41, 5.74) is 2.54. The minimum Gasteiger partial charge on any atom is -0.497 e. The molecule has 4 aromatic rings. The van der Waals surface area contributed by atoms with E-state index in [0.29, 0.717) is 44.3 Å². The first kappa shape index (κ1) is 18.2. The Morgan fingerprint density at radius 2 is 2.07 bits per heavy atom. The van der Waals surface area contributed by atoms with Gasteiger partial charge in [0, 0.05) is 17.7 Å². The Balaban J connectivity index is 1.70. The van der Waals surface area contributed by atoms with E-state index in [2.05, 4.69) is 16.0 Å². The number of benzene rings is 2. The van der Waals surface area contributed by atoms with E-state index in [9.17, 15) is 5.26 Å². The minimum atomic E-state index is 0.341. The number of furan rings is 1. The number of aromatic nitrogens is 2. The van der Waals surface area contributed by atoms with Gasteiger partial charge in [-0.1, -0.05) is 29.3 Å². The summed E-state index contributed by atoms with van der Waals surface area (Å²) in [7, 11) is 1.60. The lowest BCUT2D eigenvalue weighted by Gasteiger charge is -2.02. The Labute approximate surface area is 170 Å². The number of halogens is 2.